The van der Waals surface area contributed by atoms with Gasteiger partial charge in [-0.15, -0.1) is 0 Å². The maximum atomic E-state index is 6.09. The molecule has 58 valence electrons. The van der Waals surface area contributed by atoms with Crippen molar-refractivity contribution in [2.75, 3.05) is 5.32 Å². The Morgan fingerprint density at radius 3 is 3.18 bits per heavy atom. The minimum Gasteiger partial charge on any atom is -0.348 e. The molecule has 2 N–H and O–H groups in total. The molecule has 1 aliphatic rings. The number of fused-ring (bicyclic) bond motifs is 1. The molecule has 2 rings (SSSR count). The second kappa shape index (κ2) is 2.01. The monoisotopic (exact) mass is 169 g/mol. The number of rotatable bonds is 0. The van der Waals surface area contributed by atoms with Gasteiger partial charge in [0.05, 0.1) is 6.34 Å². The van der Waals surface area contributed by atoms with Crippen LogP contribution in [-0.4, -0.2) is 11.3 Å². The van der Waals surface area contributed by atoms with E-state index in [9.17, 15) is 0 Å². The number of hydrogen-bond acceptors (Lipinski definition) is 2. The molecule has 1 unspecified atom stereocenters. The number of hydrogen-bond donors (Lipinski definition) is 2. The molecule has 1 atom stereocenters. The summed E-state index contributed by atoms with van der Waals surface area (Å²) in [5, 5.41) is 2.97. The summed E-state index contributed by atoms with van der Waals surface area (Å²) >= 11 is 6.09. The fraction of sp³-hybridized carbons (Fsp3) is 0.286. The molecule has 11 heavy (non-hydrogen) atoms. The van der Waals surface area contributed by atoms with Crippen molar-refractivity contribution in [3.8, 4) is 0 Å². The van der Waals surface area contributed by atoms with E-state index in [2.05, 4.69) is 15.3 Å². The molecule has 1 aromatic rings. The third kappa shape index (κ3) is 0.922. The molecule has 1 aliphatic heterocycles. The number of anilines is 1. The summed E-state index contributed by atoms with van der Waals surface area (Å²) in [7, 11) is 0. The topological polar surface area (TPSA) is 40.2 Å². The Bertz CT molecular complexity index is 300. The first-order valence-electron chi connectivity index (χ1n) is 3.37. The number of halogens is 1. The van der Waals surface area contributed by atoms with Crippen molar-refractivity contribution in [2.45, 2.75) is 11.9 Å². The van der Waals surface area contributed by atoms with Gasteiger partial charge < -0.3 is 10.3 Å². The zero-order chi connectivity index (χ0) is 7.90. The molecule has 4 heteroatoms. The highest BCUT2D eigenvalue weighted by atomic mass is 35.5. The quantitative estimate of drug-likeness (QED) is 0.452. The number of aromatic amines is 1. The highest BCUT2D eigenvalue weighted by Gasteiger charge is 2.27. The zero-order valence-electron chi connectivity index (χ0n) is 6.06. The normalized spacial score (nSPS) is 27.8. The van der Waals surface area contributed by atoms with Crippen LogP contribution in [0.3, 0.4) is 0 Å². The lowest BCUT2D eigenvalue weighted by Crippen LogP contribution is -2.18. The van der Waals surface area contributed by atoms with Crippen molar-refractivity contribution >= 4 is 23.8 Å². The lowest BCUT2D eigenvalue weighted by atomic mass is 10.1. The van der Waals surface area contributed by atoms with Crippen LogP contribution in [0.5, 0.6) is 0 Å². The van der Waals surface area contributed by atoms with Crippen molar-refractivity contribution in [3.05, 3.63) is 17.8 Å². The molecule has 0 aliphatic carbocycles. The highest BCUT2D eigenvalue weighted by Crippen LogP contribution is 2.36. The van der Waals surface area contributed by atoms with E-state index in [1.165, 1.54) is 0 Å². The minimum absolute atomic E-state index is 0.611. The van der Waals surface area contributed by atoms with Gasteiger partial charge in [-0.25, -0.2) is 4.99 Å². The Hall–Kier alpha value is -0.960. The Balaban J connectivity index is 2.56. The van der Waals surface area contributed by atoms with Gasteiger partial charge in [0, 0.05) is 11.8 Å². The first kappa shape index (κ1) is 6.73. The summed E-state index contributed by atoms with van der Waals surface area (Å²) in [6, 6.07) is 1.92. The lowest BCUT2D eigenvalue weighted by Gasteiger charge is -2.21. The third-order valence-corrected chi connectivity index (χ3v) is 2.06. The summed E-state index contributed by atoms with van der Waals surface area (Å²) in [4.78, 5) is 6.50. The fourth-order valence-electron chi connectivity index (χ4n) is 1.16. The average Bonchev–Trinajstić information content (AvgIpc) is 2.34. The van der Waals surface area contributed by atoms with Crippen LogP contribution in [0.1, 0.15) is 12.5 Å². The van der Waals surface area contributed by atoms with Crippen LogP contribution in [-0.2, 0) is 5.00 Å². The number of aromatic nitrogens is 1. The van der Waals surface area contributed by atoms with Crippen LogP contribution in [0.4, 0.5) is 5.82 Å². The molecular formula is C7H8ClN3. The Kier molecular flexibility index (Phi) is 1.23. The minimum atomic E-state index is -0.611. The largest absolute Gasteiger partial charge is 0.348 e. The Morgan fingerprint density at radius 2 is 2.45 bits per heavy atom. The molecule has 0 saturated carbocycles. The second-order valence-corrected chi connectivity index (χ2v) is 3.36. The van der Waals surface area contributed by atoms with Crippen molar-refractivity contribution in [1.29, 1.82) is 0 Å². The van der Waals surface area contributed by atoms with E-state index >= 15 is 0 Å². The van der Waals surface area contributed by atoms with Crippen LogP contribution in [0, 0.1) is 0 Å². The van der Waals surface area contributed by atoms with Crippen LogP contribution >= 0.6 is 11.6 Å². The number of aliphatic imine (C=N–C) groups is 1. The van der Waals surface area contributed by atoms with Gasteiger partial charge in [-0.05, 0) is 13.0 Å². The molecule has 0 bridgehead atoms. The fourth-order valence-corrected chi connectivity index (χ4v) is 1.36. The number of nitrogens with one attached hydrogen (secondary N) is 2. The van der Waals surface area contributed by atoms with Gasteiger partial charge in [-0.2, -0.15) is 0 Å². The molecule has 0 aromatic carbocycles. The third-order valence-electron chi connectivity index (χ3n) is 1.75. The molecule has 0 spiro atoms. The van der Waals surface area contributed by atoms with Crippen LogP contribution in [0.25, 0.3) is 0 Å². The van der Waals surface area contributed by atoms with Gasteiger partial charge in [0.2, 0.25) is 0 Å². The SMILES string of the molecule is CC1(Cl)N=CNc2[nH]ccc21. The van der Waals surface area contributed by atoms with Crippen LogP contribution in [0.15, 0.2) is 17.3 Å². The summed E-state index contributed by atoms with van der Waals surface area (Å²) in [6.07, 6.45) is 3.44. The molecule has 0 amide bonds. The van der Waals surface area contributed by atoms with Gasteiger partial charge in [-0.1, -0.05) is 11.6 Å². The molecule has 0 saturated heterocycles. The number of alkyl halides is 1. The van der Waals surface area contributed by atoms with E-state index in [4.69, 9.17) is 11.6 Å². The van der Waals surface area contributed by atoms with E-state index in [0.717, 1.165) is 11.4 Å². The highest BCUT2D eigenvalue weighted by molar-refractivity contribution is 6.25. The van der Waals surface area contributed by atoms with E-state index < -0.39 is 5.00 Å². The molecule has 0 radical (unpaired) electrons. The Labute approximate surface area is 69.5 Å². The summed E-state index contributed by atoms with van der Waals surface area (Å²) in [6.45, 7) is 1.86. The van der Waals surface area contributed by atoms with Gasteiger partial charge in [0.1, 0.15) is 5.82 Å². The maximum absolute atomic E-state index is 6.09. The summed E-state index contributed by atoms with van der Waals surface area (Å²) in [5.41, 5.74) is 0.988. The molecular weight excluding hydrogens is 162 g/mol. The van der Waals surface area contributed by atoms with Gasteiger partial charge in [0.15, 0.2) is 5.00 Å². The molecule has 3 nitrogen and oxygen atoms in total. The summed E-state index contributed by atoms with van der Waals surface area (Å²) < 4.78 is 0. The zero-order valence-corrected chi connectivity index (χ0v) is 6.81. The first-order chi connectivity index (χ1) is 5.20. The lowest BCUT2D eigenvalue weighted by molar-refractivity contribution is 0.724. The maximum Gasteiger partial charge on any atom is 0.161 e. The van der Waals surface area contributed by atoms with E-state index in [-0.39, 0.29) is 0 Å². The standard InChI is InChI=1S/C7H8ClN3/c1-7(8)5-2-3-9-6(5)10-4-11-7/h2-4,9H,1H3,(H,10,11). The van der Waals surface area contributed by atoms with Crippen LogP contribution in [0.2, 0.25) is 0 Å². The Morgan fingerprint density at radius 1 is 1.64 bits per heavy atom. The predicted molar refractivity (Wildman–Crippen MR) is 46.1 cm³/mol. The van der Waals surface area contributed by atoms with Crippen molar-refractivity contribution in [1.82, 2.24) is 4.98 Å². The predicted octanol–water partition coefficient (Wildman–Crippen LogP) is 1.88. The van der Waals surface area contributed by atoms with Crippen molar-refractivity contribution in [3.63, 3.8) is 0 Å². The van der Waals surface area contributed by atoms with Crippen molar-refractivity contribution in [2.24, 2.45) is 4.99 Å². The van der Waals surface area contributed by atoms with Gasteiger partial charge in [0.25, 0.3) is 0 Å². The molecule has 2 heterocycles. The second-order valence-electron chi connectivity index (χ2n) is 2.62. The van der Waals surface area contributed by atoms with Gasteiger partial charge >= 0.3 is 0 Å². The van der Waals surface area contributed by atoms with E-state index in [1.807, 2.05) is 19.2 Å². The number of nitrogens with zero attached hydrogens (tertiary/aromatic N) is 1. The van der Waals surface area contributed by atoms with Crippen molar-refractivity contribution < 1.29 is 0 Å². The average molecular weight is 170 g/mol. The van der Waals surface area contributed by atoms with E-state index in [0.29, 0.717) is 0 Å². The van der Waals surface area contributed by atoms with Crippen LogP contribution < -0.4 is 5.32 Å². The molecule has 0 fully saturated rings. The van der Waals surface area contributed by atoms with E-state index in [1.54, 1.807) is 6.34 Å². The summed E-state index contributed by atoms with van der Waals surface area (Å²) in [5.74, 6) is 0.928. The number of H-pyrrole nitrogens is 1. The van der Waals surface area contributed by atoms with Gasteiger partial charge in [-0.3, -0.25) is 0 Å². The smallest absolute Gasteiger partial charge is 0.161 e. The molecule has 1 aromatic heterocycles. The first-order valence-corrected chi connectivity index (χ1v) is 3.75.